The number of hydrogen-bond donors (Lipinski definition) is 1. The normalized spacial score (nSPS) is 12.5. The van der Waals surface area contributed by atoms with E-state index in [0.717, 1.165) is 4.57 Å². The van der Waals surface area contributed by atoms with Crippen molar-refractivity contribution in [1.82, 2.24) is 14.7 Å². The summed E-state index contributed by atoms with van der Waals surface area (Å²) >= 11 is 6.23. The molecular weight excluding hydrogens is 450 g/mol. The Hall–Kier alpha value is -3.17. The molecule has 3 aromatic rings. The van der Waals surface area contributed by atoms with Gasteiger partial charge in [-0.05, 0) is 51.5 Å². The fourth-order valence-corrected chi connectivity index (χ4v) is 3.51. The van der Waals surface area contributed by atoms with E-state index in [-0.39, 0.29) is 24.7 Å². The van der Waals surface area contributed by atoms with Gasteiger partial charge in [0.2, 0.25) is 0 Å². The second-order valence-corrected chi connectivity index (χ2v) is 8.88. The molecule has 0 saturated carbocycles. The van der Waals surface area contributed by atoms with Crippen LogP contribution in [0.4, 0.5) is 0 Å². The van der Waals surface area contributed by atoms with Gasteiger partial charge in [-0.1, -0.05) is 16.8 Å². The highest BCUT2D eigenvalue weighted by atomic mass is 35.5. The molecule has 3 rings (SSSR count). The molecule has 33 heavy (non-hydrogen) atoms. The Morgan fingerprint density at radius 1 is 1.24 bits per heavy atom. The van der Waals surface area contributed by atoms with Crippen molar-refractivity contribution < 1.29 is 23.9 Å². The number of carboxylic acid groups (broad SMARTS) is 1. The second kappa shape index (κ2) is 9.76. The number of nitrogens with zero attached hydrogens (tertiary/aromatic N) is 3. The number of aromatic nitrogens is 3. The van der Waals surface area contributed by atoms with E-state index in [1.807, 2.05) is 20.8 Å². The van der Waals surface area contributed by atoms with Gasteiger partial charge in [-0.25, -0.2) is 4.79 Å². The quantitative estimate of drug-likeness (QED) is 0.510. The predicted molar refractivity (Wildman–Crippen MR) is 123 cm³/mol. The average molecular weight is 476 g/mol. The highest BCUT2D eigenvalue weighted by molar-refractivity contribution is 6.31. The van der Waals surface area contributed by atoms with Crippen molar-refractivity contribution >= 4 is 17.6 Å². The molecule has 10 heteroatoms. The van der Waals surface area contributed by atoms with Crippen LogP contribution in [0.3, 0.4) is 0 Å². The lowest BCUT2D eigenvalue weighted by atomic mass is 9.99. The zero-order chi connectivity index (χ0) is 24.3. The monoisotopic (exact) mass is 475 g/mol. The van der Waals surface area contributed by atoms with Crippen molar-refractivity contribution in [3.8, 4) is 28.3 Å². The first kappa shape index (κ1) is 24.5. The number of carboxylic acids is 1. The molecule has 2 aromatic heterocycles. The van der Waals surface area contributed by atoms with Gasteiger partial charge in [0.15, 0.2) is 5.82 Å². The lowest BCUT2D eigenvalue weighted by Crippen LogP contribution is -2.31. The van der Waals surface area contributed by atoms with Gasteiger partial charge < -0.3 is 19.1 Å². The van der Waals surface area contributed by atoms with Crippen LogP contribution in [0.5, 0.6) is 5.75 Å². The number of aliphatic carboxylic acids is 1. The van der Waals surface area contributed by atoms with Crippen molar-refractivity contribution in [2.75, 3.05) is 13.7 Å². The molecule has 1 aromatic carbocycles. The van der Waals surface area contributed by atoms with Gasteiger partial charge in [0, 0.05) is 35.2 Å². The second-order valence-electron chi connectivity index (χ2n) is 8.44. The largest absolute Gasteiger partial charge is 0.495 e. The number of carbonyl (C=O) groups is 1. The maximum atomic E-state index is 13.0. The van der Waals surface area contributed by atoms with Crippen LogP contribution in [0.25, 0.3) is 22.6 Å². The summed E-state index contributed by atoms with van der Waals surface area (Å²) in [6.45, 7) is 7.49. The lowest BCUT2D eigenvalue weighted by Gasteiger charge is -2.22. The summed E-state index contributed by atoms with van der Waals surface area (Å²) in [5, 5.41) is 14.0. The summed E-state index contributed by atoms with van der Waals surface area (Å²) in [6, 6.07) is 5.23. The predicted octanol–water partition coefficient (Wildman–Crippen LogP) is 4.37. The number of rotatable bonds is 8. The molecule has 1 N–H and O–H groups in total. The average Bonchev–Trinajstić information content (AvgIpc) is 3.16. The van der Waals surface area contributed by atoms with Gasteiger partial charge >= 0.3 is 5.97 Å². The minimum absolute atomic E-state index is 0.110. The standard InChI is InChI=1S/C23H26ClN3O6/c1-13-25-21(33-26-13)15-7-6-14(24)10-16(15)17-11-20(28)27(12-19(17)31-5)18(22(29)30)8-9-32-23(2,3)4/h6-7,10-12,18H,8-9H2,1-5H3,(H,29,30). The van der Waals surface area contributed by atoms with Crippen molar-refractivity contribution in [1.29, 1.82) is 0 Å². The van der Waals surface area contributed by atoms with E-state index in [1.165, 1.54) is 19.4 Å². The summed E-state index contributed by atoms with van der Waals surface area (Å²) in [5.74, 6) is -0.144. The van der Waals surface area contributed by atoms with Crippen LogP contribution in [-0.4, -0.2) is 45.1 Å². The number of aryl methyl sites for hydroxylation is 1. The van der Waals surface area contributed by atoms with E-state index < -0.39 is 23.2 Å². The molecule has 0 saturated heterocycles. The van der Waals surface area contributed by atoms with Crippen LogP contribution < -0.4 is 10.3 Å². The maximum absolute atomic E-state index is 13.0. The van der Waals surface area contributed by atoms with Gasteiger partial charge in [0.1, 0.15) is 11.8 Å². The molecule has 0 aliphatic heterocycles. The van der Waals surface area contributed by atoms with Crippen molar-refractivity contribution in [3.63, 3.8) is 0 Å². The summed E-state index contributed by atoms with van der Waals surface area (Å²) < 4.78 is 17.6. The first-order valence-electron chi connectivity index (χ1n) is 10.3. The Kier molecular flexibility index (Phi) is 7.24. The highest BCUT2D eigenvalue weighted by Crippen LogP contribution is 2.38. The third-order valence-corrected chi connectivity index (χ3v) is 5.08. The van der Waals surface area contributed by atoms with E-state index in [2.05, 4.69) is 10.1 Å². The maximum Gasteiger partial charge on any atom is 0.326 e. The Balaban J connectivity index is 2.08. The first-order valence-corrected chi connectivity index (χ1v) is 10.7. The zero-order valence-corrected chi connectivity index (χ0v) is 19.8. The number of halogens is 1. The van der Waals surface area contributed by atoms with Gasteiger partial charge in [0.05, 0.1) is 18.9 Å². The summed E-state index contributed by atoms with van der Waals surface area (Å²) in [6.07, 6.45) is 1.50. The molecule has 9 nitrogen and oxygen atoms in total. The summed E-state index contributed by atoms with van der Waals surface area (Å²) in [5.41, 5.74) is 0.578. The van der Waals surface area contributed by atoms with Crippen LogP contribution in [0.15, 0.2) is 39.8 Å². The molecule has 0 fully saturated rings. The third kappa shape index (κ3) is 5.80. The van der Waals surface area contributed by atoms with Crippen molar-refractivity contribution in [2.45, 2.75) is 45.8 Å². The molecule has 0 radical (unpaired) electrons. The van der Waals surface area contributed by atoms with Crippen molar-refractivity contribution in [3.05, 3.63) is 51.7 Å². The van der Waals surface area contributed by atoms with Crippen LogP contribution in [0.1, 0.15) is 39.1 Å². The molecule has 0 aliphatic rings. The van der Waals surface area contributed by atoms with E-state index in [4.69, 9.17) is 25.6 Å². The minimum Gasteiger partial charge on any atom is -0.495 e. The number of benzene rings is 1. The zero-order valence-electron chi connectivity index (χ0n) is 19.1. The molecule has 1 atom stereocenters. The van der Waals surface area contributed by atoms with Gasteiger partial charge in [-0.3, -0.25) is 9.36 Å². The Morgan fingerprint density at radius 3 is 2.55 bits per heavy atom. The van der Waals surface area contributed by atoms with Crippen LogP contribution >= 0.6 is 11.6 Å². The molecule has 2 heterocycles. The summed E-state index contributed by atoms with van der Waals surface area (Å²) in [7, 11) is 1.44. The Morgan fingerprint density at radius 2 is 1.97 bits per heavy atom. The Labute approximate surface area is 195 Å². The fraction of sp³-hybridized carbons (Fsp3) is 0.391. The fourth-order valence-electron chi connectivity index (χ4n) is 3.34. The van der Waals surface area contributed by atoms with Gasteiger partial charge in [-0.15, -0.1) is 0 Å². The topological polar surface area (TPSA) is 117 Å². The van der Waals surface area contributed by atoms with E-state index in [1.54, 1.807) is 25.1 Å². The molecular formula is C23H26ClN3O6. The molecule has 0 amide bonds. The molecule has 0 spiro atoms. The number of methoxy groups -OCH3 is 1. The van der Waals surface area contributed by atoms with Crippen LogP contribution in [-0.2, 0) is 9.53 Å². The molecule has 176 valence electrons. The third-order valence-electron chi connectivity index (χ3n) is 4.84. The van der Waals surface area contributed by atoms with E-state index in [9.17, 15) is 14.7 Å². The van der Waals surface area contributed by atoms with Gasteiger partial charge in [0.25, 0.3) is 11.4 Å². The van der Waals surface area contributed by atoms with Crippen molar-refractivity contribution in [2.24, 2.45) is 0 Å². The number of hydrogen-bond acceptors (Lipinski definition) is 7. The highest BCUT2D eigenvalue weighted by Gasteiger charge is 2.25. The number of ether oxygens (including phenoxy) is 2. The van der Waals surface area contributed by atoms with Gasteiger partial charge in [-0.2, -0.15) is 4.98 Å². The first-order chi connectivity index (χ1) is 15.5. The smallest absolute Gasteiger partial charge is 0.326 e. The minimum atomic E-state index is -1.14. The summed E-state index contributed by atoms with van der Waals surface area (Å²) in [4.78, 5) is 29.3. The van der Waals surface area contributed by atoms with Crippen LogP contribution in [0.2, 0.25) is 5.02 Å². The Bertz CT molecular complexity index is 1210. The molecule has 0 aliphatic carbocycles. The molecule has 0 bridgehead atoms. The molecule has 1 unspecified atom stereocenters. The van der Waals surface area contributed by atoms with E-state index >= 15 is 0 Å². The van der Waals surface area contributed by atoms with E-state index in [0.29, 0.717) is 27.5 Å². The lowest BCUT2D eigenvalue weighted by molar-refractivity contribution is -0.142. The van der Waals surface area contributed by atoms with Crippen LogP contribution in [0, 0.1) is 6.92 Å². The SMILES string of the molecule is COc1cn(C(CCOC(C)(C)C)C(=O)O)c(=O)cc1-c1cc(Cl)ccc1-c1nc(C)no1. The number of pyridine rings is 1.